The van der Waals surface area contributed by atoms with Crippen molar-refractivity contribution in [2.24, 2.45) is 5.92 Å². The van der Waals surface area contributed by atoms with Gasteiger partial charge in [0.25, 0.3) is 5.91 Å². The van der Waals surface area contributed by atoms with Gasteiger partial charge in [-0.2, -0.15) is 0 Å². The average molecular weight is 359 g/mol. The van der Waals surface area contributed by atoms with Gasteiger partial charge >= 0.3 is 0 Å². The predicted octanol–water partition coefficient (Wildman–Crippen LogP) is 2.95. The van der Waals surface area contributed by atoms with Crippen molar-refractivity contribution in [1.82, 2.24) is 10.0 Å². The number of sulfonamides is 1. The monoisotopic (exact) mass is 358 g/mol. The fourth-order valence-corrected chi connectivity index (χ4v) is 3.91. The zero-order valence-corrected chi connectivity index (χ0v) is 14.8. The highest BCUT2D eigenvalue weighted by Crippen LogP contribution is 2.28. The van der Waals surface area contributed by atoms with Crippen molar-refractivity contribution in [3.05, 3.63) is 28.8 Å². The molecule has 2 N–H and O–H groups in total. The van der Waals surface area contributed by atoms with Crippen molar-refractivity contribution >= 4 is 27.5 Å². The Labute approximate surface area is 142 Å². The lowest BCUT2D eigenvalue weighted by Gasteiger charge is -2.11. The van der Waals surface area contributed by atoms with Crippen molar-refractivity contribution in [2.75, 3.05) is 13.6 Å². The van der Waals surface area contributed by atoms with Gasteiger partial charge in [0.15, 0.2) is 0 Å². The summed E-state index contributed by atoms with van der Waals surface area (Å²) in [5.74, 6) is 0.453. The molecule has 0 spiro atoms. The van der Waals surface area contributed by atoms with Crippen LogP contribution in [0, 0.1) is 5.92 Å². The Morgan fingerprint density at radius 2 is 2.00 bits per heavy atom. The van der Waals surface area contributed by atoms with Gasteiger partial charge in [-0.15, -0.1) is 0 Å². The van der Waals surface area contributed by atoms with Crippen LogP contribution < -0.4 is 10.0 Å². The molecule has 7 heteroatoms. The Balaban J connectivity index is 1.94. The Hall–Kier alpha value is -1.11. The van der Waals surface area contributed by atoms with E-state index in [1.807, 2.05) is 0 Å². The van der Waals surface area contributed by atoms with Gasteiger partial charge in [-0.25, -0.2) is 13.1 Å². The zero-order chi connectivity index (χ0) is 16.9. The van der Waals surface area contributed by atoms with E-state index in [4.69, 9.17) is 11.6 Å². The average Bonchev–Trinajstić information content (AvgIpc) is 3.05. The van der Waals surface area contributed by atoms with Gasteiger partial charge < -0.3 is 5.32 Å². The molecule has 0 aliphatic heterocycles. The molecular weight excluding hydrogens is 336 g/mol. The van der Waals surface area contributed by atoms with E-state index in [9.17, 15) is 13.2 Å². The number of hydrogen-bond donors (Lipinski definition) is 2. The molecule has 1 aliphatic carbocycles. The first-order chi connectivity index (χ1) is 10.9. The highest BCUT2D eigenvalue weighted by molar-refractivity contribution is 7.89. The normalized spacial score (nSPS) is 15.7. The van der Waals surface area contributed by atoms with Crippen molar-refractivity contribution < 1.29 is 13.2 Å². The fraction of sp³-hybridized carbons (Fsp3) is 0.562. The van der Waals surface area contributed by atoms with Crippen LogP contribution in [0.15, 0.2) is 23.1 Å². The van der Waals surface area contributed by atoms with Gasteiger partial charge in [-0.1, -0.05) is 37.3 Å². The first-order valence-corrected chi connectivity index (χ1v) is 9.81. The molecule has 0 atom stereocenters. The molecule has 0 bridgehead atoms. The molecule has 0 radical (unpaired) electrons. The molecule has 1 aliphatic rings. The molecule has 5 nitrogen and oxygen atoms in total. The lowest BCUT2D eigenvalue weighted by Crippen LogP contribution is -2.26. The van der Waals surface area contributed by atoms with Crippen LogP contribution in [0.4, 0.5) is 0 Å². The first-order valence-electron chi connectivity index (χ1n) is 7.95. The number of nitrogens with one attached hydrogen (secondary N) is 2. The van der Waals surface area contributed by atoms with Crippen LogP contribution >= 0.6 is 11.6 Å². The fourth-order valence-electron chi connectivity index (χ4n) is 2.95. The van der Waals surface area contributed by atoms with Crippen LogP contribution in [-0.4, -0.2) is 27.9 Å². The summed E-state index contributed by atoms with van der Waals surface area (Å²) in [6, 6.07) is 4.12. The number of carbonyl (C=O) groups excluding carboxylic acids is 1. The molecular formula is C16H23ClN2O3S. The summed E-state index contributed by atoms with van der Waals surface area (Å²) in [5.41, 5.74) is 0.184. The highest BCUT2D eigenvalue weighted by atomic mass is 35.5. The van der Waals surface area contributed by atoms with Crippen molar-refractivity contribution in [2.45, 2.75) is 43.4 Å². The van der Waals surface area contributed by atoms with Gasteiger partial charge in [0.1, 0.15) is 0 Å². The van der Waals surface area contributed by atoms with E-state index in [2.05, 4.69) is 10.0 Å². The van der Waals surface area contributed by atoms with Crippen LogP contribution in [0.1, 0.15) is 48.9 Å². The number of halogens is 1. The molecule has 0 aromatic heterocycles. The minimum atomic E-state index is -3.60. The summed E-state index contributed by atoms with van der Waals surface area (Å²) in [5, 5.41) is 3.07. The smallest absolute Gasteiger partial charge is 0.252 e. The maximum absolute atomic E-state index is 12.2. The predicted molar refractivity (Wildman–Crippen MR) is 91.2 cm³/mol. The SMILES string of the molecule is CNS(=O)(=O)c1ccc(Cl)c(C(=O)NCCCC2CCCC2)c1. The molecule has 1 saturated carbocycles. The van der Waals surface area contributed by atoms with E-state index >= 15 is 0 Å². The number of benzene rings is 1. The van der Waals surface area contributed by atoms with Gasteiger partial charge in [0, 0.05) is 6.54 Å². The van der Waals surface area contributed by atoms with Gasteiger partial charge in [0.05, 0.1) is 15.5 Å². The standard InChI is InChI=1S/C16H23ClN2O3S/c1-18-23(21,22)13-8-9-15(17)14(11-13)16(20)19-10-4-7-12-5-2-3-6-12/h8-9,11-12,18H,2-7,10H2,1H3,(H,19,20). The van der Waals surface area contributed by atoms with E-state index in [1.165, 1.54) is 50.9 Å². The maximum Gasteiger partial charge on any atom is 0.252 e. The molecule has 1 amide bonds. The highest BCUT2D eigenvalue weighted by Gasteiger charge is 2.18. The van der Waals surface area contributed by atoms with Crippen LogP contribution in [0.3, 0.4) is 0 Å². The van der Waals surface area contributed by atoms with Gasteiger partial charge in [0.2, 0.25) is 10.0 Å². The van der Waals surface area contributed by atoms with Crippen LogP contribution in [0.25, 0.3) is 0 Å². The summed E-state index contributed by atoms with van der Waals surface area (Å²) in [6.07, 6.45) is 7.29. The summed E-state index contributed by atoms with van der Waals surface area (Å²) >= 11 is 6.02. The molecule has 23 heavy (non-hydrogen) atoms. The Morgan fingerprint density at radius 1 is 1.30 bits per heavy atom. The largest absolute Gasteiger partial charge is 0.352 e. The number of amides is 1. The van der Waals surface area contributed by atoms with Crippen molar-refractivity contribution in [3.8, 4) is 0 Å². The summed E-state index contributed by atoms with van der Waals surface area (Å²) in [4.78, 5) is 12.2. The number of rotatable bonds is 7. The van der Waals surface area contributed by atoms with Gasteiger partial charge in [-0.05, 0) is 44.0 Å². The Bertz CT molecular complexity index is 655. The molecule has 0 saturated heterocycles. The van der Waals surface area contributed by atoms with E-state index in [0.29, 0.717) is 6.54 Å². The topological polar surface area (TPSA) is 75.3 Å². The van der Waals surface area contributed by atoms with E-state index < -0.39 is 10.0 Å². The summed E-state index contributed by atoms with van der Waals surface area (Å²) in [6.45, 7) is 0.578. The van der Waals surface area contributed by atoms with E-state index in [1.54, 1.807) is 0 Å². The molecule has 0 heterocycles. The third-order valence-electron chi connectivity index (χ3n) is 4.31. The van der Waals surface area contributed by atoms with E-state index in [0.717, 1.165) is 18.8 Å². The quantitative estimate of drug-likeness (QED) is 0.736. The van der Waals surface area contributed by atoms with Crippen LogP contribution in [-0.2, 0) is 10.0 Å². The second-order valence-corrected chi connectivity index (χ2v) is 8.19. The minimum Gasteiger partial charge on any atom is -0.352 e. The molecule has 1 aromatic rings. The Kier molecular flexibility index (Phi) is 6.44. The molecule has 1 fully saturated rings. The molecule has 1 aromatic carbocycles. The van der Waals surface area contributed by atoms with Crippen molar-refractivity contribution in [1.29, 1.82) is 0 Å². The molecule has 2 rings (SSSR count). The lowest BCUT2D eigenvalue weighted by atomic mass is 10.0. The molecule has 128 valence electrons. The van der Waals surface area contributed by atoms with Crippen molar-refractivity contribution in [3.63, 3.8) is 0 Å². The van der Waals surface area contributed by atoms with Crippen LogP contribution in [0.2, 0.25) is 5.02 Å². The second-order valence-electron chi connectivity index (χ2n) is 5.90. The first kappa shape index (κ1) is 18.2. The minimum absolute atomic E-state index is 0.0282. The number of carbonyl (C=O) groups is 1. The van der Waals surface area contributed by atoms with Crippen LogP contribution in [0.5, 0.6) is 0 Å². The lowest BCUT2D eigenvalue weighted by molar-refractivity contribution is 0.0952. The molecule has 0 unspecified atom stereocenters. The second kappa shape index (κ2) is 8.13. The Morgan fingerprint density at radius 3 is 2.65 bits per heavy atom. The third-order valence-corrected chi connectivity index (χ3v) is 6.05. The maximum atomic E-state index is 12.2. The number of hydrogen-bond acceptors (Lipinski definition) is 3. The summed E-state index contributed by atoms with van der Waals surface area (Å²) < 4.78 is 25.8. The van der Waals surface area contributed by atoms with E-state index in [-0.39, 0.29) is 21.4 Å². The third kappa shape index (κ3) is 4.93. The summed E-state index contributed by atoms with van der Waals surface area (Å²) in [7, 11) is -2.27. The van der Waals surface area contributed by atoms with Gasteiger partial charge in [-0.3, -0.25) is 4.79 Å². The zero-order valence-electron chi connectivity index (χ0n) is 13.3.